The second kappa shape index (κ2) is 12.8. The highest BCUT2D eigenvalue weighted by atomic mass is 35.5. The number of halogens is 1. The molecular formula is C27H41ClO4. The minimum absolute atomic E-state index is 0.000559. The second-order valence-corrected chi connectivity index (χ2v) is 10.2. The number of alkyl halides is 1. The minimum Gasteiger partial charge on any atom is -0.469 e. The van der Waals surface area contributed by atoms with Crippen LogP contribution in [0.25, 0.3) is 0 Å². The summed E-state index contributed by atoms with van der Waals surface area (Å²) in [7, 11) is 1.41. The molecule has 180 valence electrons. The fraction of sp³-hybridized carbons (Fsp3) is 0.667. The van der Waals surface area contributed by atoms with E-state index in [1.807, 2.05) is 0 Å². The molecule has 0 saturated heterocycles. The lowest BCUT2D eigenvalue weighted by Crippen LogP contribution is -2.33. The Morgan fingerprint density at radius 3 is 2.56 bits per heavy atom. The molecule has 1 aromatic carbocycles. The second-order valence-electron chi connectivity index (χ2n) is 9.69. The van der Waals surface area contributed by atoms with Crippen molar-refractivity contribution in [3.63, 3.8) is 0 Å². The SMILES string of the molecule is CCCCC(O)C(C)(C)c1ccc([C@@H]2[C@@H](C/C=C\CCCC(=O)OC)[C@@H](Cl)C[C@H]2O)cc1. The van der Waals surface area contributed by atoms with E-state index in [2.05, 4.69) is 61.9 Å². The fourth-order valence-electron chi connectivity index (χ4n) is 4.75. The number of hydrogen-bond acceptors (Lipinski definition) is 4. The number of aliphatic hydroxyl groups is 2. The van der Waals surface area contributed by atoms with Gasteiger partial charge in [-0.2, -0.15) is 0 Å². The Morgan fingerprint density at radius 2 is 1.94 bits per heavy atom. The van der Waals surface area contributed by atoms with E-state index in [9.17, 15) is 15.0 Å². The van der Waals surface area contributed by atoms with Crippen LogP contribution in [0, 0.1) is 5.92 Å². The van der Waals surface area contributed by atoms with Crippen molar-refractivity contribution in [1.29, 1.82) is 0 Å². The van der Waals surface area contributed by atoms with E-state index in [4.69, 9.17) is 11.6 Å². The molecule has 1 fully saturated rings. The van der Waals surface area contributed by atoms with Gasteiger partial charge in [0.25, 0.3) is 0 Å². The molecule has 0 amide bonds. The monoisotopic (exact) mass is 464 g/mol. The summed E-state index contributed by atoms with van der Waals surface area (Å²) in [6.07, 6.45) is 9.71. The van der Waals surface area contributed by atoms with Crippen molar-refractivity contribution in [2.45, 2.75) is 101 Å². The number of esters is 1. The summed E-state index contributed by atoms with van der Waals surface area (Å²) in [5.74, 6) is -0.0142. The van der Waals surface area contributed by atoms with Gasteiger partial charge in [0.1, 0.15) is 0 Å². The molecule has 0 bridgehead atoms. The third-order valence-electron chi connectivity index (χ3n) is 7.07. The van der Waals surface area contributed by atoms with E-state index in [0.717, 1.165) is 49.7 Å². The lowest BCUT2D eigenvalue weighted by molar-refractivity contribution is -0.140. The molecule has 1 unspecified atom stereocenters. The van der Waals surface area contributed by atoms with E-state index in [-0.39, 0.29) is 34.7 Å². The third kappa shape index (κ3) is 7.07. The van der Waals surface area contributed by atoms with E-state index in [0.29, 0.717) is 12.8 Å². The highest BCUT2D eigenvalue weighted by Crippen LogP contribution is 2.45. The molecule has 0 aliphatic heterocycles. The van der Waals surface area contributed by atoms with E-state index in [1.54, 1.807) is 0 Å². The first-order valence-electron chi connectivity index (χ1n) is 12.0. The van der Waals surface area contributed by atoms with Crippen LogP contribution >= 0.6 is 11.6 Å². The first kappa shape index (κ1) is 26.9. The van der Waals surface area contributed by atoms with Gasteiger partial charge in [0, 0.05) is 23.1 Å². The summed E-state index contributed by atoms with van der Waals surface area (Å²) >= 11 is 6.62. The van der Waals surface area contributed by atoms with Crippen LogP contribution in [0.15, 0.2) is 36.4 Å². The van der Waals surface area contributed by atoms with Crippen molar-refractivity contribution in [2.75, 3.05) is 7.11 Å². The maximum atomic E-state index is 11.2. The molecule has 5 heteroatoms. The lowest BCUT2D eigenvalue weighted by Gasteiger charge is -2.32. The molecule has 5 atom stereocenters. The number of aliphatic hydroxyl groups excluding tert-OH is 2. The van der Waals surface area contributed by atoms with Crippen molar-refractivity contribution in [2.24, 2.45) is 5.92 Å². The Morgan fingerprint density at radius 1 is 1.25 bits per heavy atom. The number of rotatable bonds is 12. The number of ether oxygens (including phenoxy) is 1. The van der Waals surface area contributed by atoms with Gasteiger partial charge in [0.2, 0.25) is 0 Å². The summed E-state index contributed by atoms with van der Waals surface area (Å²) < 4.78 is 4.66. The van der Waals surface area contributed by atoms with Crippen molar-refractivity contribution >= 4 is 17.6 Å². The summed E-state index contributed by atoms with van der Waals surface area (Å²) in [4.78, 5) is 11.2. The first-order chi connectivity index (χ1) is 15.2. The van der Waals surface area contributed by atoms with Crippen molar-refractivity contribution < 1.29 is 19.7 Å². The maximum absolute atomic E-state index is 11.2. The van der Waals surface area contributed by atoms with Gasteiger partial charge in [-0.05, 0) is 49.1 Å². The summed E-state index contributed by atoms with van der Waals surface area (Å²) in [6.45, 7) is 6.32. The van der Waals surface area contributed by atoms with Gasteiger partial charge in [-0.25, -0.2) is 0 Å². The van der Waals surface area contributed by atoms with Crippen LogP contribution in [-0.2, 0) is 14.9 Å². The van der Waals surface area contributed by atoms with Crippen LogP contribution in [0.1, 0.15) is 89.2 Å². The fourth-order valence-corrected chi connectivity index (χ4v) is 5.19. The molecule has 0 aromatic heterocycles. The number of methoxy groups -OCH3 is 1. The standard InChI is InChI=1S/C27H41ClO4/c1-5-6-12-24(30)27(2,3)20-16-14-19(15-17-20)26-21(22(28)18-23(26)29)11-9-7-8-10-13-25(31)32-4/h7,9,14-17,21-24,26,29-30H,5-6,8,10-13,18H2,1-4H3/b9-7-/t21-,22-,23+,24?,26+/m0/s1. The average Bonchev–Trinajstić information content (AvgIpc) is 3.06. The van der Waals surface area contributed by atoms with Crippen LogP contribution in [0.3, 0.4) is 0 Å². The first-order valence-corrected chi connectivity index (χ1v) is 12.5. The van der Waals surface area contributed by atoms with Gasteiger partial charge in [0.05, 0.1) is 19.3 Å². The van der Waals surface area contributed by atoms with Crippen LogP contribution in [-0.4, -0.2) is 40.9 Å². The largest absolute Gasteiger partial charge is 0.469 e. The summed E-state index contributed by atoms with van der Waals surface area (Å²) in [5, 5.41) is 21.3. The van der Waals surface area contributed by atoms with Crippen molar-refractivity contribution in [3.8, 4) is 0 Å². The molecule has 1 aliphatic carbocycles. The van der Waals surface area contributed by atoms with Gasteiger partial charge in [-0.3, -0.25) is 4.79 Å². The summed E-state index contributed by atoms with van der Waals surface area (Å²) in [6, 6.07) is 8.38. The van der Waals surface area contributed by atoms with Crippen LogP contribution in [0.5, 0.6) is 0 Å². The predicted molar refractivity (Wildman–Crippen MR) is 131 cm³/mol. The molecular weight excluding hydrogens is 424 g/mol. The smallest absolute Gasteiger partial charge is 0.305 e. The van der Waals surface area contributed by atoms with Gasteiger partial charge < -0.3 is 14.9 Å². The zero-order valence-electron chi connectivity index (χ0n) is 20.1. The highest BCUT2D eigenvalue weighted by molar-refractivity contribution is 6.21. The molecule has 4 nitrogen and oxygen atoms in total. The molecule has 1 aliphatic rings. The number of allylic oxidation sites excluding steroid dienone is 2. The van der Waals surface area contributed by atoms with Crippen molar-refractivity contribution in [1.82, 2.24) is 0 Å². The maximum Gasteiger partial charge on any atom is 0.305 e. The number of carbonyl (C=O) groups excluding carboxylic acids is 1. The Bertz CT molecular complexity index is 728. The molecule has 1 aromatic rings. The van der Waals surface area contributed by atoms with Crippen molar-refractivity contribution in [3.05, 3.63) is 47.5 Å². The van der Waals surface area contributed by atoms with Gasteiger partial charge in [-0.15, -0.1) is 11.6 Å². The third-order valence-corrected chi connectivity index (χ3v) is 7.57. The Labute approximate surface area is 199 Å². The molecule has 0 radical (unpaired) electrons. The van der Waals surface area contributed by atoms with Gasteiger partial charge in [0.15, 0.2) is 0 Å². The van der Waals surface area contributed by atoms with E-state index >= 15 is 0 Å². The lowest BCUT2D eigenvalue weighted by atomic mass is 9.76. The highest BCUT2D eigenvalue weighted by Gasteiger charge is 2.41. The number of unbranched alkanes of at least 4 members (excludes halogenated alkanes) is 2. The normalized spacial score (nSPS) is 24.7. The molecule has 2 N–H and O–H groups in total. The van der Waals surface area contributed by atoms with Gasteiger partial charge >= 0.3 is 5.97 Å². The van der Waals surface area contributed by atoms with Crippen LogP contribution in [0.2, 0.25) is 0 Å². The quantitative estimate of drug-likeness (QED) is 0.175. The molecule has 32 heavy (non-hydrogen) atoms. The van der Waals surface area contributed by atoms with Gasteiger partial charge in [-0.1, -0.05) is 70.0 Å². The zero-order valence-corrected chi connectivity index (χ0v) is 20.9. The molecule has 0 spiro atoms. The Kier molecular flexibility index (Phi) is 10.7. The molecule has 0 heterocycles. The van der Waals surface area contributed by atoms with Crippen LogP contribution < -0.4 is 0 Å². The predicted octanol–water partition coefficient (Wildman–Crippen LogP) is 5.88. The zero-order chi connectivity index (χ0) is 23.7. The Hall–Kier alpha value is -1.36. The average molecular weight is 465 g/mol. The number of hydrogen-bond donors (Lipinski definition) is 2. The van der Waals surface area contributed by atoms with E-state index in [1.165, 1.54) is 7.11 Å². The topological polar surface area (TPSA) is 66.8 Å². The number of benzene rings is 1. The molecule has 2 rings (SSSR count). The van der Waals surface area contributed by atoms with Crippen LogP contribution in [0.4, 0.5) is 0 Å². The molecule has 1 saturated carbocycles. The summed E-state index contributed by atoms with van der Waals surface area (Å²) in [5.41, 5.74) is 1.90. The minimum atomic E-state index is -0.454. The van der Waals surface area contributed by atoms with E-state index < -0.39 is 6.10 Å². The Balaban J connectivity index is 2.03. The number of carbonyl (C=O) groups is 1.